The maximum Gasteiger partial charge on any atom is 0.224 e. The Kier molecular flexibility index (Phi) is 4.96. The Balaban J connectivity index is 1.49. The van der Waals surface area contributed by atoms with Crippen LogP contribution in [0.1, 0.15) is 28.1 Å². The van der Waals surface area contributed by atoms with Crippen molar-refractivity contribution in [2.75, 3.05) is 0 Å². The van der Waals surface area contributed by atoms with Crippen molar-refractivity contribution in [2.45, 2.75) is 12.5 Å². The zero-order valence-corrected chi connectivity index (χ0v) is 16.0. The van der Waals surface area contributed by atoms with Crippen molar-refractivity contribution < 1.29 is 18.4 Å². The molecule has 0 amide bonds. The molecule has 4 rings (SSSR count). The third-order valence-electron chi connectivity index (χ3n) is 4.05. The van der Waals surface area contributed by atoms with Crippen LogP contribution in [-0.4, -0.2) is 10.8 Å². The molecule has 0 N–H and O–H groups in total. The number of halogens is 1. The topological polar surface area (TPSA) is 89.3 Å². The van der Waals surface area contributed by atoms with E-state index in [0.717, 1.165) is 4.47 Å². The monoisotopic (exact) mass is 436 g/mol. The van der Waals surface area contributed by atoms with Crippen molar-refractivity contribution >= 4 is 32.8 Å². The van der Waals surface area contributed by atoms with Crippen molar-refractivity contribution in [1.82, 2.24) is 4.98 Å². The molecule has 6 nitrogen and oxygen atoms in total. The van der Waals surface area contributed by atoms with E-state index in [9.17, 15) is 10.1 Å². The molecule has 4 aromatic rings. The number of para-hydroxylation sites is 2. The van der Waals surface area contributed by atoms with Gasteiger partial charge in [0.25, 0.3) is 0 Å². The fourth-order valence-corrected chi connectivity index (χ4v) is 2.92. The number of oxazole rings is 1. The van der Waals surface area contributed by atoms with E-state index >= 15 is 0 Å². The number of ether oxygens (including phenoxy) is 1. The summed E-state index contributed by atoms with van der Waals surface area (Å²) in [7, 11) is 0. The van der Waals surface area contributed by atoms with Crippen molar-refractivity contribution in [2.24, 2.45) is 0 Å². The van der Waals surface area contributed by atoms with Gasteiger partial charge in [0.15, 0.2) is 17.3 Å². The number of benzene rings is 2. The number of carbonyl (C=O) groups excluding carboxylic acids is 1. The lowest BCUT2D eigenvalue weighted by Crippen LogP contribution is -2.10. The molecule has 2 aromatic carbocycles. The third kappa shape index (κ3) is 3.68. The minimum atomic E-state index is -1.18. The summed E-state index contributed by atoms with van der Waals surface area (Å²) in [5, 5.41) is 9.48. The van der Waals surface area contributed by atoms with Crippen LogP contribution in [0.4, 0.5) is 0 Å². The average Bonchev–Trinajstić information content (AvgIpc) is 3.35. The van der Waals surface area contributed by atoms with E-state index in [1.807, 2.05) is 36.4 Å². The van der Waals surface area contributed by atoms with Gasteiger partial charge in [-0.2, -0.15) is 5.26 Å². The lowest BCUT2D eigenvalue weighted by Gasteiger charge is -2.04. The number of carbonyl (C=O) groups is 1. The Labute approximate surface area is 168 Å². The number of hydrogen-bond donors (Lipinski definition) is 0. The molecule has 0 saturated heterocycles. The van der Waals surface area contributed by atoms with Crippen molar-refractivity contribution in [3.8, 4) is 11.8 Å². The molecule has 7 heteroatoms. The van der Waals surface area contributed by atoms with E-state index < -0.39 is 11.7 Å². The summed E-state index contributed by atoms with van der Waals surface area (Å²) < 4.78 is 17.7. The smallest absolute Gasteiger partial charge is 0.224 e. The van der Waals surface area contributed by atoms with Crippen LogP contribution in [0.25, 0.3) is 11.1 Å². The van der Waals surface area contributed by atoms with Gasteiger partial charge in [-0.15, -0.1) is 0 Å². The summed E-state index contributed by atoms with van der Waals surface area (Å²) in [5.74, 6) is -0.432. The van der Waals surface area contributed by atoms with Crippen LogP contribution < -0.4 is 4.74 Å². The zero-order valence-electron chi connectivity index (χ0n) is 14.5. The van der Waals surface area contributed by atoms with Gasteiger partial charge < -0.3 is 13.6 Å². The molecule has 0 fully saturated rings. The SMILES string of the molecule is N#C[C@@H](C(=O)c1ccc(COc2ccc(Br)cc2)o1)c1nc2ccccc2o1. The second-order valence-corrected chi connectivity index (χ2v) is 6.87. The summed E-state index contributed by atoms with van der Waals surface area (Å²) in [5.41, 5.74) is 1.11. The van der Waals surface area contributed by atoms with E-state index in [-0.39, 0.29) is 18.3 Å². The molecule has 0 aliphatic rings. The van der Waals surface area contributed by atoms with Gasteiger partial charge in [0, 0.05) is 4.47 Å². The molecule has 0 saturated carbocycles. The second kappa shape index (κ2) is 7.71. The minimum Gasteiger partial charge on any atom is -0.486 e. The molecule has 138 valence electrons. The lowest BCUT2D eigenvalue weighted by atomic mass is 10.0. The summed E-state index contributed by atoms with van der Waals surface area (Å²) >= 11 is 3.36. The maximum absolute atomic E-state index is 12.7. The number of rotatable bonds is 6. The van der Waals surface area contributed by atoms with E-state index in [4.69, 9.17) is 13.6 Å². The molecule has 2 heterocycles. The van der Waals surface area contributed by atoms with Crippen molar-refractivity contribution in [1.29, 1.82) is 5.26 Å². The molecule has 0 bridgehead atoms. The van der Waals surface area contributed by atoms with Crippen molar-refractivity contribution in [3.05, 3.63) is 82.5 Å². The highest BCUT2D eigenvalue weighted by Gasteiger charge is 2.29. The number of nitrogens with zero attached hydrogens (tertiary/aromatic N) is 2. The number of fused-ring (bicyclic) bond motifs is 1. The molecule has 28 heavy (non-hydrogen) atoms. The summed E-state index contributed by atoms with van der Waals surface area (Å²) in [6.07, 6.45) is 0. The molecule has 0 aliphatic heterocycles. The minimum absolute atomic E-state index is 0.0535. The molecule has 0 radical (unpaired) electrons. The van der Waals surface area contributed by atoms with Crippen LogP contribution in [0.3, 0.4) is 0 Å². The van der Waals surface area contributed by atoms with Gasteiger partial charge >= 0.3 is 0 Å². The Bertz CT molecular complexity index is 1140. The third-order valence-corrected chi connectivity index (χ3v) is 4.58. The maximum atomic E-state index is 12.7. The van der Waals surface area contributed by atoms with Crippen LogP contribution in [0.15, 0.2) is 74.0 Å². The van der Waals surface area contributed by atoms with Crippen LogP contribution in [0.5, 0.6) is 5.75 Å². The average molecular weight is 437 g/mol. The predicted octanol–water partition coefficient (Wildman–Crippen LogP) is 5.25. The van der Waals surface area contributed by atoms with Gasteiger partial charge in [0.2, 0.25) is 11.7 Å². The lowest BCUT2D eigenvalue weighted by molar-refractivity contribution is 0.0939. The Morgan fingerprint density at radius 1 is 1.11 bits per heavy atom. The Morgan fingerprint density at radius 2 is 1.89 bits per heavy atom. The van der Waals surface area contributed by atoms with Crippen LogP contribution in [0.2, 0.25) is 0 Å². The number of hydrogen-bond acceptors (Lipinski definition) is 6. The first-order chi connectivity index (χ1) is 13.6. The highest BCUT2D eigenvalue weighted by molar-refractivity contribution is 9.10. The molecular weight excluding hydrogens is 424 g/mol. The summed E-state index contributed by atoms with van der Waals surface area (Å²) in [6, 6.07) is 19.6. The quantitative estimate of drug-likeness (QED) is 0.383. The van der Waals surface area contributed by atoms with Crippen LogP contribution >= 0.6 is 15.9 Å². The Morgan fingerprint density at radius 3 is 2.64 bits per heavy atom. The number of furan rings is 1. The zero-order chi connectivity index (χ0) is 19.5. The largest absolute Gasteiger partial charge is 0.486 e. The van der Waals surface area contributed by atoms with E-state index in [1.165, 1.54) is 6.07 Å². The number of ketones is 1. The standard InChI is InChI=1S/C21H13BrN2O4/c22-13-5-7-14(8-6-13)26-12-15-9-10-19(27-15)20(25)16(11-23)21-24-17-3-1-2-4-18(17)28-21/h1-10,16H,12H2/t16-/m0/s1. The number of nitriles is 1. The van der Waals surface area contributed by atoms with Gasteiger partial charge in [-0.3, -0.25) is 4.79 Å². The Hall–Kier alpha value is -3.37. The van der Waals surface area contributed by atoms with Gasteiger partial charge in [-0.25, -0.2) is 4.98 Å². The first-order valence-corrected chi connectivity index (χ1v) is 9.20. The highest BCUT2D eigenvalue weighted by Crippen LogP contribution is 2.25. The molecule has 0 spiro atoms. The number of Topliss-reactive ketones (excluding diaryl/α,β-unsaturated/α-hetero) is 1. The summed E-state index contributed by atoms with van der Waals surface area (Å²) in [4.78, 5) is 17.0. The fraction of sp³-hybridized carbons (Fsp3) is 0.0952. The molecule has 0 unspecified atom stereocenters. The molecular formula is C21H13BrN2O4. The molecule has 1 atom stereocenters. The van der Waals surface area contributed by atoms with Gasteiger partial charge in [-0.1, -0.05) is 28.1 Å². The summed E-state index contributed by atoms with van der Waals surface area (Å²) in [6.45, 7) is 0.162. The first-order valence-electron chi connectivity index (χ1n) is 8.40. The number of aromatic nitrogens is 1. The van der Waals surface area contributed by atoms with Gasteiger partial charge in [-0.05, 0) is 48.5 Å². The van der Waals surface area contributed by atoms with E-state index in [0.29, 0.717) is 22.6 Å². The van der Waals surface area contributed by atoms with Gasteiger partial charge in [0.1, 0.15) is 23.6 Å². The highest BCUT2D eigenvalue weighted by atomic mass is 79.9. The normalized spacial score (nSPS) is 11.9. The van der Waals surface area contributed by atoms with E-state index in [1.54, 1.807) is 24.3 Å². The van der Waals surface area contributed by atoms with Gasteiger partial charge in [0.05, 0.1) is 6.07 Å². The molecule has 2 aromatic heterocycles. The van der Waals surface area contributed by atoms with Crippen LogP contribution in [-0.2, 0) is 6.61 Å². The molecule has 0 aliphatic carbocycles. The fourth-order valence-electron chi connectivity index (χ4n) is 2.65. The first kappa shape index (κ1) is 18.0. The predicted molar refractivity (Wildman–Crippen MR) is 104 cm³/mol. The van der Waals surface area contributed by atoms with Crippen LogP contribution in [0, 0.1) is 11.3 Å². The van der Waals surface area contributed by atoms with Crippen molar-refractivity contribution in [3.63, 3.8) is 0 Å². The van der Waals surface area contributed by atoms with E-state index in [2.05, 4.69) is 20.9 Å². The second-order valence-electron chi connectivity index (χ2n) is 5.95.